The van der Waals surface area contributed by atoms with Crippen molar-refractivity contribution in [2.45, 2.75) is 20.3 Å². The van der Waals surface area contributed by atoms with Crippen molar-refractivity contribution < 1.29 is 0 Å². The van der Waals surface area contributed by atoms with Gasteiger partial charge in [0.15, 0.2) is 0 Å². The van der Waals surface area contributed by atoms with Crippen LogP contribution < -0.4 is 5.73 Å². The number of allylic oxidation sites excluding steroid dienone is 3. The lowest BCUT2D eigenvalue weighted by molar-refractivity contribution is 1.10. The summed E-state index contributed by atoms with van der Waals surface area (Å²) in [5, 5.41) is 0. The number of hydrogen-bond acceptors (Lipinski definition) is 1. The van der Waals surface area contributed by atoms with Crippen molar-refractivity contribution in [1.29, 1.82) is 0 Å². The van der Waals surface area contributed by atoms with E-state index >= 15 is 0 Å². The largest absolute Gasteiger partial charge is 0.405 e. The maximum Gasteiger partial charge on any atom is -0.00624 e. The third-order valence-electron chi connectivity index (χ3n) is 1.05. The Labute approximate surface area is 50.9 Å². The highest BCUT2D eigenvalue weighted by molar-refractivity contribution is 5.08. The van der Waals surface area contributed by atoms with Crippen LogP contribution in [0.3, 0.4) is 0 Å². The maximum atomic E-state index is 5.11. The minimum absolute atomic E-state index is 1.10. The van der Waals surface area contributed by atoms with Gasteiger partial charge < -0.3 is 5.73 Å². The van der Waals surface area contributed by atoms with Gasteiger partial charge in [0.25, 0.3) is 0 Å². The standard InChI is InChI=1S/C7H13N/c1-3-7(2)5-4-6-8/h4-6H,3,8H2,1-2H3/b6-4-,7-5+. The fraction of sp³-hybridized carbons (Fsp3) is 0.429. The van der Waals surface area contributed by atoms with Crippen molar-refractivity contribution >= 4 is 0 Å². The normalized spacial score (nSPS) is 13.0. The fourth-order valence-electron chi connectivity index (χ4n) is 0.338. The second-order valence-corrected chi connectivity index (χ2v) is 1.75. The zero-order valence-corrected chi connectivity index (χ0v) is 5.52. The van der Waals surface area contributed by atoms with Gasteiger partial charge in [-0.15, -0.1) is 0 Å². The Hall–Kier alpha value is -0.720. The Morgan fingerprint density at radius 2 is 2.25 bits per heavy atom. The molecule has 0 amide bonds. The van der Waals surface area contributed by atoms with E-state index in [0.717, 1.165) is 6.42 Å². The molecule has 1 heteroatoms. The molecule has 0 fully saturated rings. The van der Waals surface area contributed by atoms with Crippen molar-refractivity contribution in [1.82, 2.24) is 0 Å². The summed E-state index contributed by atoms with van der Waals surface area (Å²) in [6.07, 6.45) is 6.50. The monoisotopic (exact) mass is 111 g/mol. The zero-order valence-electron chi connectivity index (χ0n) is 5.52. The van der Waals surface area contributed by atoms with Gasteiger partial charge in [-0.3, -0.25) is 0 Å². The lowest BCUT2D eigenvalue weighted by Crippen LogP contribution is -1.74. The second-order valence-electron chi connectivity index (χ2n) is 1.75. The Balaban J connectivity index is 3.57. The smallest absolute Gasteiger partial charge is 0.00624 e. The first-order valence-corrected chi connectivity index (χ1v) is 2.85. The predicted molar refractivity (Wildman–Crippen MR) is 37.4 cm³/mol. The highest BCUT2D eigenvalue weighted by atomic mass is 14.5. The van der Waals surface area contributed by atoms with Gasteiger partial charge in [-0.2, -0.15) is 0 Å². The Kier molecular flexibility index (Phi) is 4.04. The zero-order chi connectivity index (χ0) is 6.41. The molecule has 0 aromatic rings. The average molecular weight is 111 g/mol. The van der Waals surface area contributed by atoms with E-state index in [1.165, 1.54) is 5.57 Å². The summed E-state index contributed by atoms with van der Waals surface area (Å²) in [7, 11) is 0. The summed E-state index contributed by atoms with van der Waals surface area (Å²) < 4.78 is 0. The molecular formula is C7H13N. The van der Waals surface area contributed by atoms with Crippen LogP contribution in [0.25, 0.3) is 0 Å². The Morgan fingerprint density at radius 3 is 2.62 bits per heavy atom. The number of hydrogen-bond donors (Lipinski definition) is 1. The lowest BCUT2D eigenvalue weighted by Gasteiger charge is -1.86. The molecule has 0 saturated heterocycles. The molecule has 0 aliphatic rings. The van der Waals surface area contributed by atoms with Crippen molar-refractivity contribution in [2.75, 3.05) is 0 Å². The van der Waals surface area contributed by atoms with Gasteiger partial charge in [0.05, 0.1) is 0 Å². The average Bonchev–Trinajstić information content (AvgIpc) is 1.83. The summed E-state index contributed by atoms with van der Waals surface area (Å²) in [6.45, 7) is 4.20. The summed E-state index contributed by atoms with van der Waals surface area (Å²) in [4.78, 5) is 0. The van der Waals surface area contributed by atoms with Crippen LogP contribution in [-0.2, 0) is 0 Å². The van der Waals surface area contributed by atoms with Crippen LogP contribution in [0.5, 0.6) is 0 Å². The molecule has 8 heavy (non-hydrogen) atoms. The minimum atomic E-state index is 1.10. The summed E-state index contributed by atoms with van der Waals surface area (Å²) in [5.74, 6) is 0. The first-order chi connectivity index (χ1) is 3.81. The second kappa shape index (κ2) is 4.44. The van der Waals surface area contributed by atoms with Gasteiger partial charge in [-0.05, 0) is 25.6 Å². The molecular weight excluding hydrogens is 98.1 g/mol. The van der Waals surface area contributed by atoms with E-state index < -0.39 is 0 Å². The SMILES string of the molecule is CC/C(C)=C/C=C\N. The van der Waals surface area contributed by atoms with Crippen molar-refractivity contribution in [2.24, 2.45) is 5.73 Å². The van der Waals surface area contributed by atoms with Gasteiger partial charge in [0.2, 0.25) is 0 Å². The molecule has 0 aromatic carbocycles. The van der Waals surface area contributed by atoms with E-state index in [-0.39, 0.29) is 0 Å². The van der Waals surface area contributed by atoms with Crippen molar-refractivity contribution in [3.63, 3.8) is 0 Å². The summed E-state index contributed by atoms with van der Waals surface area (Å²) in [6, 6.07) is 0. The van der Waals surface area contributed by atoms with Gasteiger partial charge >= 0.3 is 0 Å². The van der Waals surface area contributed by atoms with Gasteiger partial charge in [-0.1, -0.05) is 18.6 Å². The Morgan fingerprint density at radius 1 is 1.62 bits per heavy atom. The molecule has 0 rings (SSSR count). The highest BCUT2D eigenvalue weighted by Gasteiger charge is 1.75. The van der Waals surface area contributed by atoms with Crippen molar-refractivity contribution in [3.05, 3.63) is 23.9 Å². The molecule has 0 unspecified atom stereocenters. The topological polar surface area (TPSA) is 26.0 Å². The van der Waals surface area contributed by atoms with Gasteiger partial charge in [0.1, 0.15) is 0 Å². The molecule has 0 bridgehead atoms. The van der Waals surface area contributed by atoms with Crippen LogP contribution in [0.4, 0.5) is 0 Å². The van der Waals surface area contributed by atoms with E-state index in [0.29, 0.717) is 0 Å². The minimum Gasteiger partial charge on any atom is -0.405 e. The van der Waals surface area contributed by atoms with Crippen molar-refractivity contribution in [3.8, 4) is 0 Å². The predicted octanol–water partition coefficient (Wildman–Crippen LogP) is 1.82. The molecule has 1 nitrogen and oxygen atoms in total. The molecule has 0 aliphatic carbocycles. The number of rotatable bonds is 2. The molecule has 46 valence electrons. The first kappa shape index (κ1) is 7.28. The van der Waals surface area contributed by atoms with E-state index in [2.05, 4.69) is 13.8 Å². The Bertz CT molecular complexity index is 101. The van der Waals surface area contributed by atoms with Gasteiger partial charge in [-0.25, -0.2) is 0 Å². The van der Waals surface area contributed by atoms with E-state index in [1.807, 2.05) is 12.2 Å². The van der Waals surface area contributed by atoms with E-state index in [4.69, 9.17) is 5.73 Å². The highest BCUT2D eigenvalue weighted by Crippen LogP contribution is 1.96. The van der Waals surface area contributed by atoms with Crippen LogP contribution in [0.15, 0.2) is 23.9 Å². The van der Waals surface area contributed by atoms with Crippen LogP contribution in [0.2, 0.25) is 0 Å². The van der Waals surface area contributed by atoms with Crippen LogP contribution in [0, 0.1) is 0 Å². The molecule has 0 heterocycles. The first-order valence-electron chi connectivity index (χ1n) is 2.85. The molecule has 0 saturated carbocycles. The van der Waals surface area contributed by atoms with E-state index in [1.54, 1.807) is 6.20 Å². The van der Waals surface area contributed by atoms with Gasteiger partial charge in [0, 0.05) is 0 Å². The third-order valence-corrected chi connectivity index (χ3v) is 1.05. The molecule has 0 spiro atoms. The van der Waals surface area contributed by atoms with E-state index in [9.17, 15) is 0 Å². The molecule has 0 aliphatic heterocycles. The quantitative estimate of drug-likeness (QED) is 0.540. The summed E-state index contributed by atoms with van der Waals surface area (Å²) in [5.41, 5.74) is 6.46. The molecule has 0 aromatic heterocycles. The van der Waals surface area contributed by atoms with Crippen LogP contribution >= 0.6 is 0 Å². The third kappa shape index (κ3) is 3.47. The molecule has 0 atom stereocenters. The fourth-order valence-corrected chi connectivity index (χ4v) is 0.338. The maximum absolute atomic E-state index is 5.11. The van der Waals surface area contributed by atoms with Crippen LogP contribution in [0.1, 0.15) is 20.3 Å². The number of nitrogens with two attached hydrogens (primary N) is 1. The lowest BCUT2D eigenvalue weighted by atomic mass is 10.2. The molecule has 0 radical (unpaired) electrons. The summed E-state index contributed by atoms with van der Waals surface area (Å²) >= 11 is 0. The molecule has 2 N–H and O–H groups in total. The van der Waals surface area contributed by atoms with Crippen LogP contribution in [-0.4, -0.2) is 0 Å².